The van der Waals surface area contributed by atoms with E-state index in [-0.39, 0.29) is 11.9 Å². The monoisotopic (exact) mass is 320 g/mol. The first-order valence-electron chi connectivity index (χ1n) is 7.84. The van der Waals surface area contributed by atoms with Crippen LogP contribution in [-0.2, 0) is 9.53 Å². The maximum atomic E-state index is 12.5. The van der Waals surface area contributed by atoms with Gasteiger partial charge in [-0.2, -0.15) is 0 Å². The van der Waals surface area contributed by atoms with Crippen molar-refractivity contribution in [3.05, 3.63) is 34.6 Å². The van der Waals surface area contributed by atoms with Crippen LogP contribution in [0.15, 0.2) is 29.6 Å². The van der Waals surface area contributed by atoms with E-state index in [9.17, 15) is 4.79 Å². The van der Waals surface area contributed by atoms with Crippen LogP contribution in [-0.4, -0.2) is 25.7 Å². The Morgan fingerprint density at radius 1 is 1.36 bits per heavy atom. The van der Waals surface area contributed by atoms with Gasteiger partial charge in [-0.15, -0.1) is 0 Å². The van der Waals surface area contributed by atoms with Crippen molar-refractivity contribution in [2.45, 2.75) is 27.2 Å². The molecule has 0 radical (unpaired) electrons. The van der Waals surface area contributed by atoms with Crippen LogP contribution < -0.4 is 9.80 Å². The van der Waals surface area contributed by atoms with Crippen molar-refractivity contribution in [1.29, 1.82) is 0 Å². The molecule has 2 aliphatic heterocycles. The third-order valence-corrected chi connectivity index (χ3v) is 4.60. The molecule has 22 heavy (non-hydrogen) atoms. The summed E-state index contributed by atoms with van der Waals surface area (Å²) in [6.07, 6.45) is 0.932. The van der Waals surface area contributed by atoms with Crippen LogP contribution in [0.5, 0.6) is 0 Å². The van der Waals surface area contributed by atoms with Gasteiger partial charge in [0.1, 0.15) is 5.82 Å². The first kappa shape index (κ1) is 15.2. The zero-order valence-electron chi connectivity index (χ0n) is 13.2. The molecule has 0 aliphatic carbocycles. The minimum atomic E-state index is -0.202. The molecule has 118 valence electrons. The highest BCUT2D eigenvalue weighted by Crippen LogP contribution is 2.47. The first-order valence-corrected chi connectivity index (χ1v) is 8.22. The first-order chi connectivity index (χ1) is 10.6. The van der Waals surface area contributed by atoms with Crippen molar-refractivity contribution in [1.82, 2.24) is 0 Å². The quantitative estimate of drug-likeness (QED) is 0.793. The minimum absolute atomic E-state index is 0.198. The van der Waals surface area contributed by atoms with Crippen LogP contribution >= 0.6 is 11.6 Å². The predicted molar refractivity (Wildman–Crippen MR) is 89.3 cm³/mol. The Labute approximate surface area is 136 Å². The highest BCUT2D eigenvalue weighted by molar-refractivity contribution is 6.31. The lowest BCUT2D eigenvalue weighted by molar-refractivity contribution is -0.139. The molecule has 0 saturated heterocycles. The second-order valence-corrected chi connectivity index (χ2v) is 6.11. The normalized spacial score (nSPS) is 20.1. The van der Waals surface area contributed by atoms with Crippen LogP contribution in [0.2, 0.25) is 5.02 Å². The number of nitrogens with zero attached hydrogens (tertiary/aromatic N) is 2. The Kier molecular flexibility index (Phi) is 4.04. The van der Waals surface area contributed by atoms with Gasteiger partial charge in [-0.1, -0.05) is 18.5 Å². The highest BCUT2D eigenvalue weighted by Gasteiger charge is 2.40. The molecule has 0 bridgehead atoms. The number of halogens is 1. The number of ether oxygens (including phenoxy) is 1. The summed E-state index contributed by atoms with van der Waals surface area (Å²) in [5, 5.41) is 0.715. The number of hydrogen-bond acceptors (Lipinski definition) is 4. The molecule has 5 heteroatoms. The molecule has 0 amide bonds. The van der Waals surface area contributed by atoms with Gasteiger partial charge in [0, 0.05) is 18.1 Å². The average Bonchev–Trinajstić information content (AvgIpc) is 2.80. The highest BCUT2D eigenvalue weighted by atomic mass is 35.5. The second kappa shape index (κ2) is 5.84. The lowest BCUT2D eigenvalue weighted by Gasteiger charge is -2.34. The number of anilines is 2. The van der Waals surface area contributed by atoms with Gasteiger partial charge in [-0.05, 0) is 44.4 Å². The summed E-state index contributed by atoms with van der Waals surface area (Å²) in [7, 11) is 0. The van der Waals surface area contributed by atoms with Gasteiger partial charge in [0.05, 0.1) is 23.6 Å². The van der Waals surface area contributed by atoms with Gasteiger partial charge in [-0.25, -0.2) is 4.79 Å². The Morgan fingerprint density at radius 2 is 2.14 bits per heavy atom. The van der Waals surface area contributed by atoms with E-state index in [1.165, 1.54) is 0 Å². The van der Waals surface area contributed by atoms with Crippen molar-refractivity contribution in [2.24, 2.45) is 5.92 Å². The Bertz CT molecular complexity index is 642. The number of fused-ring (bicyclic) bond motifs is 3. The number of esters is 1. The largest absolute Gasteiger partial charge is 0.463 e. The molecule has 1 atom stereocenters. The van der Waals surface area contributed by atoms with Gasteiger partial charge in [0.2, 0.25) is 0 Å². The maximum absolute atomic E-state index is 12.5. The van der Waals surface area contributed by atoms with Gasteiger partial charge in [0.25, 0.3) is 0 Å². The molecule has 0 N–H and O–H groups in total. The van der Waals surface area contributed by atoms with E-state index in [0.717, 1.165) is 42.3 Å². The van der Waals surface area contributed by atoms with Crippen LogP contribution in [0, 0.1) is 5.92 Å². The van der Waals surface area contributed by atoms with E-state index in [0.29, 0.717) is 11.6 Å². The SMILES string of the molecule is CCOC(=O)C1=C2N(CC)c3ccc(Cl)cc3N2CCC1C. The average molecular weight is 321 g/mol. The van der Waals surface area contributed by atoms with Gasteiger partial charge < -0.3 is 14.5 Å². The third-order valence-electron chi connectivity index (χ3n) is 4.36. The summed E-state index contributed by atoms with van der Waals surface area (Å²) in [5.41, 5.74) is 2.97. The summed E-state index contributed by atoms with van der Waals surface area (Å²) in [5.74, 6) is 0.966. The number of benzene rings is 1. The summed E-state index contributed by atoms with van der Waals surface area (Å²) in [6.45, 7) is 8.12. The minimum Gasteiger partial charge on any atom is -0.463 e. The fourth-order valence-electron chi connectivity index (χ4n) is 3.34. The molecule has 1 aromatic carbocycles. The molecule has 1 unspecified atom stereocenters. The van der Waals surface area contributed by atoms with Crippen LogP contribution in [0.4, 0.5) is 11.4 Å². The van der Waals surface area contributed by atoms with Crippen LogP contribution in [0.25, 0.3) is 0 Å². The zero-order valence-corrected chi connectivity index (χ0v) is 14.0. The molecular weight excluding hydrogens is 300 g/mol. The van der Waals surface area contributed by atoms with Crippen LogP contribution in [0.1, 0.15) is 27.2 Å². The fraction of sp³-hybridized carbons (Fsp3) is 0.471. The van der Waals surface area contributed by atoms with E-state index in [2.05, 4.69) is 23.6 Å². The number of hydrogen-bond donors (Lipinski definition) is 0. The topological polar surface area (TPSA) is 32.8 Å². The maximum Gasteiger partial charge on any atom is 0.337 e. The number of rotatable bonds is 3. The third kappa shape index (κ3) is 2.26. The molecule has 1 aromatic rings. The summed E-state index contributed by atoms with van der Waals surface area (Å²) < 4.78 is 5.30. The second-order valence-electron chi connectivity index (χ2n) is 5.68. The van der Waals surface area contributed by atoms with E-state index < -0.39 is 0 Å². The van der Waals surface area contributed by atoms with Crippen molar-refractivity contribution >= 4 is 28.9 Å². The zero-order chi connectivity index (χ0) is 15.9. The van der Waals surface area contributed by atoms with E-state index in [1.54, 1.807) is 0 Å². The predicted octanol–water partition coefficient (Wildman–Crippen LogP) is 3.80. The summed E-state index contributed by atoms with van der Waals surface area (Å²) >= 11 is 6.17. The molecular formula is C17H21ClN2O2. The Balaban J connectivity index is 2.17. The van der Waals surface area contributed by atoms with E-state index in [4.69, 9.17) is 16.3 Å². The summed E-state index contributed by atoms with van der Waals surface area (Å²) in [6, 6.07) is 5.90. The molecule has 4 nitrogen and oxygen atoms in total. The molecule has 0 aromatic heterocycles. The molecule has 0 fully saturated rings. The molecule has 2 aliphatic rings. The van der Waals surface area contributed by atoms with Crippen molar-refractivity contribution < 1.29 is 9.53 Å². The molecule has 3 rings (SSSR count). The number of carbonyl (C=O) groups excluding carboxylic acids is 1. The molecule has 0 saturated carbocycles. The molecule has 0 spiro atoms. The van der Waals surface area contributed by atoms with Crippen molar-refractivity contribution in [3.63, 3.8) is 0 Å². The van der Waals surface area contributed by atoms with Gasteiger partial charge in [-0.3, -0.25) is 0 Å². The lowest BCUT2D eigenvalue weighted by atomic mass is 9.93. The van der Waals surface area contributed by atoms with Crippen LogP contribution in [0.3, 0.4) is 0 Å². The number of carbonyl (C=O) groups is 1. The molecule has 2 heterocycles. The lowest BCUT2D eigenvalue weighted by Crippen LogP contribution is -2.38. The van der Waals surface area contributed by atoms with E-state index >= 15 is 0 Å². The van der Waals surface area contributed by atoms with Crippen molar-refractivity contribution in [3.8, 4) is 0 Å². The standard InChI is InChI=1S/C17H21ClN2O2/c1-4-19-13-7-6-12(18)10-14(13)20-9-8-11(3)15(16(19)20)17(21)22-5-2/h6-7,10-11H,4-5,8-9H2,1-3H3. The Hall–Kier alpha value is -1.68. The fourth-order valence-corrected chi connectivity index (χ4v) is 3.51. The smallest absolute Gasteiger partial charge is 0.337 e. The Morgan fingerprint density at radius 3 is 2.82 bits per heavy atom. The van der Waals surface area contributed by atoms with Gasteiger partial charge >= 0.3 is 5.97 Å². The van der Waals surface area contributed by atoms with Gasteiger partial charge in [0.15, 0.2) is 0 Å². The van der Waals surface area contributed by atoms with Crippen molar-refractivity contribution in [2.75, 3.05) is 29.5 Å². The summed E-state index contributed by atoms with van der Waals surface area (Å²) in [4.78, 5) is 16.9. The van der Waals surface area contributed by atoms with E-state index in [1.807, 2.05) is 25.1 Å².